The molecule has 0 radical (unpaired) electrons. The zero-order valence-corrected chi connectivity index (χ0v) is 13.2. The van der Waals surface area contributed by atoms with Crippen molar-refractivity contribution in [3.63, 3.8) is 0 Å². The Morgan fingerprint density at radius 2 is 1.95 bits per heavy atom. The van der Waals surface area contributed by atoms with E-state index >= 15 is 0 Å². The molecule has 2 aromatic carbocycles. The Morgan fingerprint density at radius 1 is 1.18 bits per heavy atom. The molecule has 0 saturated heterocycles. The Labute approximate surface area is 133 Å². The maximum Gasteiger partial charge on any atom is 0.419 e. The van der Waals surface area contributed by atoms with Gasteiger partial charge in [-0.15, -0.1) is 0 Å². The van der Waals surface area contributed by atoms with Gasteiger partial charge in [0.1, 0.15) is 0 Å². The highest BCUT2D eigenvalue weighted by molar-refractivity contribution is 9.10. The molecular formula is C15H12BrN3O3. The summed E-state index contributed by atoms with van der Waals surface area (Å²) in [5.41, 5.74) is 2.28. The molecule has 0 bridgehead atoms. The molecule has 1 aromatic heterocycles. The van der Waals surface area contributed by atoms with Crippen LogP contribution in [0.5, 0.6) is 0 Å². The van der Waals surface area contributed by atoms with Crippen molar-refractivity contribution in [2.24, 2.45) is 7.05 Å². The number of para-hydroxylation sites is 1. The minimum Gasteiger partial charge on any atom is -0.408 e. The summed E-state index contributed by atoms with van der Waals surface area (Å²) < 4.78 is 7.28. The van der Waals surface area contributed by atoms with Crippen LogP contribution in [-0.2, 0) is 7.05 Å². The van der Waals surface area contributed by atoms with E-state index in [0.717, 1.165) is 4.47 Å². The van der Waals surface area contributed by atoms with Crippen LogP contribution in [0.3, 0.4) is 0 Å². The second-order valence-electron chi connectivity index (χ2n) is 4.67. The van der Waals surface area contributed by atoms with E-state index in [1.807, 2.05) is 18.2 Å². The number of rotatable bonds is 2. The van der Waals surface area contributed by atoms with Gasteiger partial charge in [0, 0.05) is 23.3 Å². The average molecular weight is 362 g/mol. The van der Waals surface area contributed by atoms with E-state index in [9.17, 15) is 9.59 Å². The molecule has 7 heteroatoms. The zero-order valence-electron chi connectivity index (χ0n) is 11.6. The first-order valence-electron chi connectivity index (χ1n) is 6.47. The summed E-state index contributed by atoms with van der Waals surface area (Å²) in [6.07, 6.45) is 0. The molecule has 3 aromatic rings. The number of amides is 2. The first-order chi connectivity index (χ1) is 10.5. The molecule has 112 valence electrons. The normalized spacial score (nSPS) is 10.6. The van der Waals surface area contributed by atoms with E-state index in [1.54, 1.807) is 31.3 Å². The third-order valence-corrected chi connectivity index (χ3v) is 3.86. The predicted molar refractivity (Wildman–Crippen MR) is 88.2 cm³/mol. The number of carbonyl (C=O) groups is 1. The molecule has 0 fully saturated rings. The Morgan fingerprint density at radius 3 is 2.73 bits per heavy atom. The average Bonchev–Trinajstić information content (AvgIpc) is 2.76. The maximum absolute atomic E-state index is 12.0. The first-order valence-corrected chi connectivity index (χ1v) is 7.26. The molecule has 0 saturated carbocycles. The quantitative estimate of drug-likeness (QED) is 0.732. The number of nitrogens with zero attached hydrogens (tertiary/aromatic N) is 1. The SMILES string of the molecule is Cn1c(=O)oc2cc(NC(=O)Nc3ccccc3Br)ccc21. The number of aryl methyl sites for hydroxylation is 1. The van der Waals surface area contributed by atoms with Crippen LogP contribution in [0.4, 0.5) is 16.2 Å². The zero-order chi connectivity index (χ0) is 15.7. The third-order valence-electron chi connectivity index (χ3n) is 3.17. The van der Waals surface area contributed by atoms with Gasteiger partial charge in [0.25, 0.3) is 0 Å². The van der Waals surface area contributed by atoms with E-state index in [1.165, 1.54) is 4.57 Å². The van der Waals surface area contributed by atoms with Gasteiger partial charge in [0.05, 0.1) is 11.2 Å². The van der Waals surface area contributed by atoms with Crippen LogP contribution in [-0.4, -0.2) is 10.6 Å². The number of halogens is 1. The van der Waals surface area contributed by atoms with Crippen LogP contribution in [0.25, 0.3) is 11.1 Å². The molecule has 2 amide bonds. The van der Waals surface area contributed by atoms with Crippen LogP contribution in [0.1, 0.15) is 0 Å². The largest absolute Gasteiger partial charge is 0.419 e. The molecule has 2 N–H and O–H groups in total. The lowest BCUT2D eigenvalue weighted by molar-refractivity contribution is 0.262. The lowest BCUT2D eigenvalue weighted by atomic mass is 10.3. The third kappa shape index (κ3) is 2.75. The molecule has 0 spiro atoms. The Hall–Kier alpha value is -2.54. The minimum atomic E-state index is -0.440. The second-order valence-corrected chi connectivity index (χ2v) is 5.52. The smallest absolute Gasteiger partial charge is 0.408 e. The van der Waals surface area contributed by atoms with Crippen molar-refractivity contribution in [3.8, 4) is 0 Å². The summed E-state index contributed by atoms with van der Waals surface area (Å²) in [5, 5.41) is 5.43. The number of hydrogen-bond acceptors (Lipinski definition) is 3. The number of nitrogens with one attached hydrogen (secondary N) is 2. The van der Waals surface area contributed by atoms with E-state index in [0.29, 0.717) is 22.5 Å². The van der Waals surface area contributed by atoms with Gasteiger partial charge in [0.15, 0.2) is 5.58 Å². The first kappa shape index (κ1) is 14.4. The van der Waals surface area contributed by atoms with Crippen LogP contribution in [0.15, 0.2) is 56.1 Å². The Bertz CT molecular complexity index is 914. The molecular weight excluding hydrogens is 350 g/mol. The van der Waals surface area contributed by atoms with Gasteiger partial charge >= 0.3 is 11.8 Å². The number of fused-ring (bicyclic) bond motifs is 1. The molecule has 0 unspecified atom stereocenters. The van der Waals surface area contributed by atoms with Gasteiger partial charge in [-0.1, -0.05) is 12.1 Å². The van der Waals surface area contributed by atoms with Crippen molar-refractivity contribution in [2.45, 2.75) is 0 Å². The van der Waals surface area contributed by atoms with Crippen molar-refractivity contribution < 1.29 is 9.21 Å². The number of carbonyl (C=O) groups excluding carboxylic acids is 1. The van der Waals surface area contributed by atoms with Gasteiger partial charge in [-0.3, -0.25) is 4.57 Å². The maximum atomic E-state index is 12.0. The summed E-state index contributed by atoms with van der Waals surface area (Å²) in [7, 11) is 1.63. The molecule has 3 rings (SSSR count). The summed E-state index contributed by atoms with van der Waals surface area (Å²) in [6, 6.07) is 11.9. The Kier molecular flexibility index (Phi) is 3.72. The van der Waals surface area contributed by atoms with Gasteiger partial charge in [-0.2, -0.15) is 0 Å². The fourth-order valence-electron chi connectivity index (χ4n) is 2.06. The molecule has 0 aliphatic carbocycles. The van der Waals surface area contributed by atoms with Gasteiger partial charge < -0.3 is 15.1 Å². The molecule has 0 aliphatic heterocycles. The fraction of sp³-hybridized carbons (Fsp3) is 0.0667. The number of benzene rings is 2. The van der Waals surface area contributed by atoms with Crippen molar-refractivity contribution in [2.75, 3.05) is 10.6 Å². The number of aromatic nitrogens is 1. The standard InChI is InChI=1S/C15H12BrN3O3/c1-19-12-7-6-9(8-13(12)22-15(19)21)17-14(20)18-11-5-3-2-4-10(11)16/h2-8H,1H3,(H2,17,18,20). The lowest BCUT2D eigenvalue weighted by Gasteiger charge is -2.08. The van der Waals surface area contributed by atoms with Crippen LogP contribution < -0.4 is 16.4 Å². The topological polar surface area (TPSA) is 76.3 Å². The number of oxazole rings is 1. The number of anilines is 2. The summed E-state index contributed by atoms with van der Waals surface area (Å²) in [6.45, 7) is 0. The van der Waals surface area contributed by atoms with Gasteiger partial charge in [-0.05, 0) is 40.2 Å². The highest BCUT2D eigenvalue weighted by atomic mass is 79.9. The van der Waals surface area contributed by atoms with E-state index in [2.05, 4.69) is 26.6 Å². The van der Waals surface area contributed by atoms with E-state index < -0.39 is 5.76 Å². The fourth-order valence-corrected chi connectivity index (χ4v) is 2.44. The Balaban J connectivity index is 1.79. The van der Waals surface area contributed by atoms with Gasteiger partial charge in [-0.25, -0.2) is 9.59 Å². The second kappa shape index (κ2) is 5.69. The molecule has 6 nitrogen and oxygen atoms in total. The van der Waals surface area contributed by atoms with Crippen molar-refractivity contribution in [3.05, 3.63) is 57.5 Å². The van der Waals surface area contributed by atoms with Crippen LogP contribution >= 0.6 is 15.9 Å². The summed E-state index contributed by atoms with van der Waals surface area (Å²) >= 11 is 3.36. The molecule has 0 aliphatic rings. The molecule has 1 heterocycles. The molecule has 0 atom stereocenters. The van der Waals surface area contributed by atoms with E-state index in [-0.39, 0.29) is 6.03 Å². The van der Waals surface area contributed by atoms with Crippen LogP contribution in [0, 0.1) is 0 Å². The monoisotopic (exact) mass is 361 g/mol. The highest BCUT2D eigenvalue weighted by Gasteiger charge is 2.09. The highest BCUT2D eigenvalue weighted by Crippen LogP contribution is 2.22. The molecule has 22 heavy (non-hydrogen) atoms. The lowest BCUT2D eigenvalue weighted by Crippen LogP contribution is -2.19. The number of hydrogen-bond donors (Lipinski definition) is 2. The van der Waals surface area contributed by atoms with Crippen molar-refractivity contribution >= 4 is 44.4 Å². The predicted octanol–water partition coefficient (Wildman–Crippen LogP) is 3.54. The van der Waals surface area contributed by atoms with Gasteiger partial charge in [0.2, 0.25) is 0 Å². The summed E-state index contributed by atoms with van der Waals surface area (Å²) in [5.74, 6) is -0.440. The van der Waals surface area contributed by atoms with E-state index in [4.69, 9.17) is 4.42 Å². The van der Waals surface area contributed by atoms with Crippen LogP contribution in [0.2, 0.25) is 0 Å². The summed E-state index contributed by atoms with van der Waals surface area (Å²) in [4.78, 5) is 23.4. The minimum absolute atomic E-state index is 0.385. The van der Waals surface area contributed by atoms with Crippen molar-refractivity contribution in [1.82, 2.24) is 4.57 Å². The number of urea groups is 1. The van der Waals surface area contributed by atoms with Crippen molar-refractivity contribution in [1.29, 1.82) is 0 Å².